The number of hydrogen-bond donors (Lipinski definition) is 0. The number of hydrogen-bond acceptors (Lipinski definition) is 0. The maximum atomic E-state index is 3.52. The summed E-state index contributed by atoms with van der Waals surface area (Å²) < 4.78 is 0. The van der Waals surface area contributed by atoms with Gasteiger partial charge in [-0.15, -0.1) is 11.8 Å². The van der Waals surface area contributed by atoms with E-state index in [1.165, 1.54) is 83.5 Å². The van der Waals surface area contributed by atoms with Gasteiger partial charge < -0.3 is 0 Å². The predicted octanol–water partition coefficient (Wildman–Crippen LogP) is 6.31. The van der Waals surface area contributed by atoms with Gasteiger partial charge in [0, 0.05) is 13.3 Å². The molecule has 0 aromatic carbocycles. The second-order valence-corrected chi connectivity index (χ2v) is 5.35. The summed E-state index contributed by atoms with van der Waals surface area (Å²) >= 11 is 0. The number of rotatable bonds is 13. The lowest BCUT2D eigenvalue weighted by Gasteiger charge is -2.02. The van der Waals surface area contributed by atoms with Gasteiger partial charge in [0.15, 0.2) is 0 Å². The molecule has 0 saturated carbocycles. The van der Waals surface area contributed by atoms with E-state index in [2.05, 4.69) is 25.7 Å². The van der Waals surface area contributed by atoms with E-state index in [1.807, 2.05) is 0 Å². The van der Waals surface area contributed by atoms with Crippen LogP contribution in [0.25, 0.3) is 0 Å². The molecule has 0 heteroatoms. The largest absolute Gasteiger partial charge is 0.103 e. The molecule has 0 aliphatic rings. The van der Waals surface area contributed by atoms with E-state index in [0.29, 0.717) is 0 Å². The van der Waals surface area contributed by atoms with Crippen LogP contribution in [0.3, 0.4) is 0 Å². The molecular formula is C18H33. The number of unbranched alkanes of at least 4 members (excludes halogenated alkanes) is 13. The van der Waals surface area contributed by atoms with Crippen LogP contribution >= 0.6 is 0 Å². The zero-order chi connectivity index (χ0) is 13.3. The Kier molecular flexibility index (Phi) is 16.2. The van der Waals surface area contributed by atoms with Gasteiger partial charge in [-0.25, -0.2) is 0 Å². The summed E-state index contributed by atoms with van der Waals surface area (Å²) in [5.41, 5.74) is 0. The normalized spacial score (nSPS) is 10.1. The van der Waals surface area contributed by atoms with E-state index in [9.17, 15) is 0 Å². The Balaban J connectivity index is 2.92. The van der Waals surface area contributed by atoms with Crippen molar-refractivity contribution >= 4 is 0 Å². The minimum Gasteiger partial charge on any atom is -0.103 e. The molecule has 105 valence electrons. The van der Waals surface area contributed by atoms with Gasteiger partial charge >= 0.3 is 0 Å². The molecule has 0 heterocycles. The van der Waals surface area contributed by atoms with Crippen molar-refractivity contribution in [3.8, 4) is 11.8 Å². The van der Waals surface area contributed by atoms with E-state index in [0.717, 1.165) is 6.42 Å². The highest BCUT2D eigenvalue weighted by Crippen LogP contribution is 2.12. The smallest absolute Gasteiger partial charge is 0.0198 e. The molecule has 0 amide bonds. The fourth-order valence-electron chi connectivity index (χ4n) is 2.32. The molecule has 1 radical (unpaired) electrons. The summed E-state index contributed by atoms with van der Waals surface area (Å²) in [6.07, 6.45) is 19.5. The first-order valence-electron chi connectivity index (χ1n) is 8.16. The van der Waals surface area contributed by atoms with Gasteiger partial charge in [-0.1, -0.05) is 84.0 Å². The van der Waals surface area contributed by atoms with Crippen molar-refractivity contribution in [2.24, 2.45) is 0 Å². The van der Waals surface area contributed by atoms with Crippen LogP contribution in [-0.4, -0.2) is 0 Å². The molecule has 0 rings (SSSR count). The van der Waals surface area contributed by atoms with Crippen molar-refractivity contribution in [1.29, 1.82) is 0 Å². The van der Waals surface area contributed by atoms with Gasteiger partial charge in [0.1, 0.15) is 0 Å². The Bertz CT molecular complexity index is 194. The molecule has 0 aromatic rings. The zero-order valence-electron chi connectivity index (χ0n) is 12.6. The predicted molar refractivity (Wildman–Crippen MR) is 83.4 cm³/mol. The van der Waals surface area contributed by atoms with Gasteiger partial charge in [0.25, 0.3) is 0 Å². The van der Waals surface area contributed by atoms with Gasteiger partial charge in [-0.05, 0) is 6.42 Å². The standard InChI is InChI=1S/C18H33/c1-3-5-7-9-11-13-15-17-18-16-14-12-10-8-6-4-2/h1,4,6-18H2,2H3. The van der Waals surface area contributed by atoms with Crippen LogP contribution in [0.2, 0.25) is 0 Å². The first-order chi connectivity index (χ1) is 8.91. The van der Waals surface area contributed by atoms with E-state index < -0.39 is 0 Å². The molecule has 0 N–H and O–H groups in total. The lowest BCUT2D eigenvalue weighted by atomic mass is 10.0. The first-order valence-corrected chi connectivity index (χ1v) is 8.16. The van der Waals surface area contributed by atoms with Crippen molar-refractivity contribution in [2.75, 3.05) is 0 Å². The van der Waals surface area contributed by atoms with Crippen molar-refractivity contribution in [3.63, 3.8) is 0 Å². The topological polar surface area (TPSA) is 0 Å². The molecule has 0 fully saturated rings. The third-order valence-electron chi connectivity index (χ3n) is 3.53. The quantitative estimate of drug-likeness (QED) is 0.265. The van der Waals surface area contributed by atoms with Gasteiger partial charge in [-0.3, -0.25) is 0 Å². The second-order valence-electron chi connectivity index (χ2n) is 5.35. The Hall–Kier alpha value is -0.440. The molecule has 0 atom stereocenters. The van der Waals surface area contributed by atoms with Crippen LogP contribution < -0.4 is 0 Å². The van der Waals surface area contributed by atoms with Crippen molar-refractivity contribution in [3.05, 3.63) is 6.92 Å². The lowest BCUT2D eigenvalue weighted by molar-refractivity contribution is 0.540. The van der Waals surface area contributed by atoms with Gasteiger partial charge in [0.05, 0.1) is 0 Å². The fraction of sp³-hybridized carbons (Fsp3) is 0.833. The molecule has 0 aliphatic carbocycles. The summed E-state index contributed by atoms with van der Waals surface area (Å²) in [7, 11) is 0. The minimum absolute atomic E-state index is 1.04. The third-order valence-corrected chi connectivity index (χ3v) is 3.53. The Labute approximate surface area is 116 Å². The lowest BCUT2D eigenvalue weighted by Crippen LogP contribution is -1.82. The van der Waals surface area contributed by atoms with Crippen molar-refractivity contribution in [2.45, 2.75) is 96.8 Å². The maximum absolute atomic E-state index is 3.52. The molecule has 0 bridgehead atoms. The van der Waals surface area contributed by atoms with E-state index >= 15 is 0 Å². The van der Waals surface area contributed by atoms with E-state index in [-0.39, 0.29) is 0 Å². The highest BCUT2D eigenvalue weighted by atomic mass is 14.0. The molecular weight excluding hydrogens is 216 g/mol. The van der Waals surface area contributed by atoms with Gasteiger partial charge in [0.2, 0.25) is 0 Å². The summed E-state index contributed by atoms with van der Waals surface area (Å²) in [6.45, 7) is 5.81. The monoisotopic (exact) mass is 249 g/mol. The average Bonchev–Trinajstić information content (AvgIpc) is 2.39. The molecule has 0 spiro atoms. The molecule has 18 heavy (non-hydrogen) atoms. The summed E-state index contributed by atoms with van der Waals surface area (Å²) in [5, 5.41) is 0. The van der Waals surface area contributed by atoms with Crippen LogP contribution in [0.4, 0.5) is 0 Å². The Morgan fingerprint density at radius 1 is 0.611 bits per heavy atom. The summed E-state index contributed by atoms with van der Waals surface area (Å²) in [6, 6.07) is 0. The third kappa shape index (κ3) is 15.6. The summed E-state index contributed by atoms with van der Waals surface area (Å²) in [4.78, 5) is 0. The zero-order valence-corrected chi connectivity index (χ0v) is 12.6. The molecule has 0 aromatic heterocycles. The molecule has 0 unspecified atom stereocenters. The molecule has 0 saturated heterocycles. The summed E-state index contributed by atoms with van der Waals surface area (Å²) in [5.74, 6) is 5.74. The van der Waals surface area contributed by atoms with Crippen LogP contribution in [0.1, 0.15) is 96.8 Å². The molecule has 0 nitrogen and oxygen atoms in total. The minimum atomic E-state index is 1.04. The highest BCUT2D eigenvalue weighted by molar-refractivity contribution is 5.00. The fourth-order valence-corrected chi connectivity index (χ4v) is 2.32. The Morgan fingerprint density at radius 2 is 1.00 bits per heavy atom. The van der Waals surface area contributed by atoms with E-state index in [1.54, 1.807) is 0 Å². The van der Waals surface area contributed by atoms with E-state index in [4.69, 9.17) is 0 Å². The van der Waals surface area contributed by atoms with Crippen molar-refractivity contribution < 1.29 is 0 Å². The average molecular weight is 249 g/mol. The van der Waals surface area contributed by atoms with Gasteiger partial charge in [-0.2, -0.15) is 0 Å². The van der Waals surface area contributed by atoms with Crippen LogP contribution in [0.5, 0.6) is 0 Å². The van der Waals surface area contributed by atoms with Crippen LogP contribution in [0, 0.1) is 18.8 Å². The van der Waals surface area contributed by atoms with Crippen molar-refractivity contribution in [1.82, 2.24) is 0 Å². The maximum Gasteiger partial charge on any atom is 0.0198 e. The Morgan fingerprint density at radius 3 is 1.39 bits per heavy atom. The van der Waals surface area contributed by atoms with Crippen LogP contribution in [-0.2, 0) is 0 Å². The first kappa shape index (κ1) is 17.6. The molecule has 0 aliphatic heterocycles. The van der Waals surface area contributed by atoms with Crippen LogP contribution in [0.15, 0.2) is 0 Å². The highest BCUT2D eigenvalue weighted by Gasteiger charge is 1.93. The SMILES string of the molecule is [CH2]C#CCCCCCCCCCCCCCCC. The second kappa shape index (κ2) is 16.6.